The van der Waals surface area contributed by atoms with E-state index in [0.29, 0.717) is 12.5 Å². The van der Waals surface area contributed by atoms with Gasteiger partial charge in [-0.1, -0.05) is 29.8 Å². The Balaban J connectivity index is 1.86. The molecule has 0 N–H and O–H groups in total. The summed E-state index contributed by atoms with van der Waals surface area (Å²) in [6, 6.07) is 7.45. The van der Waals surface area contributed by atoms with E-state index >= 15 is 0 Å². The molecular weight excluding hydrogens is 316 g/mol. The van der Waals surface area contributed by atoms with Crippen molar-refractivity contribution in [2.45, 2.75) is 32.7 Å². The Labute approximate surface area is 147 Å². The third kappa shape index (κ3) is 2.85. The van der Waals surface area contributed by atoms with Gasteiger partial charge < -0.3 is 10.3 Å². The zero-order valence-corrected chi connectivity index (χ0v) is 14.9. The number of hydroxylamine groups is 2. The van der Waals surface area contributed by atoms with Crippen LogP contribution in [0.3, 0.4) is 0 Å². The Kier molecular flexibility index (Phi) is 3.89. The van der Waals surface area contributed by atoms with E-state index in [1.54, 1.807) is 9.58 Å². The molecule has 4 rings (SSSR count). The van der Waals surface area contributed by atoms with Gasteiger partial charge in [0.15, 0.2) is 0 Å². The summed E-state index contributed by atoms with van der Waals surface area (Å²) in [4.78, 5) is 14.6. The Morgan fingerprint density at radius 1 is 1.20 bits per heavy atom. The largest absolute Gasteiger partial charge is 0.784 e. The van der Waals surface area contributed by atoms with Gasteiger partial charge in [-0.15, -0.1) is 0 Å². The molecule has 0 bridgehead atoms. The van der Waals surface area contributed by atoms with Crippen molar-refractivity contribution in [1.82, 2.24) is 14.8 Å². The molecule has 2 heterocycles. The maximum atomic E-state index is 12.9. The first-order valence-electron chi connectivity index (χ1n) is 8.80. The molecule has 0 saturated heterocycles. The minimum Gasteiger partial charge on any atom is -0.784 e. The molecule has 0 spiro atoms. The lowest BCUT2D eigenvalue weighted by atomic mass is 9.97. The van der Waals surface area contributed by atoms with Crippen molar-refractivity contribution in [2.24, 2.45) is 13.0 Å². The van der Waals surface area contributed by atoms with Crippen molar-refractivity contribution >= 4 is 11.7 Å². The molecule has 1 fully saturated rings. The number of aromatic nitrogens is 2. The van der Waals surface area contributed by atoms with Crippen molar-refractivity contribution in [3.05, 3.63) is 51.9 Å². The lowest BCUT2D eigenvalue weighted by Crippen LogP contribution is -2.38. The highest BCUT2D eigenvalue weighted by molar-refractivity contribution is 5.96. The molecule has 132 valence electrons. The number of aryl methyl sites for hydroxylation is 3. The normalized spacial score (nSPS) is 21.4. The molecule has 25 heavy (non-hydrogen) atoms. The van der Waals surface area contributed by atoms with Crippen molar-refractivity contribution < 1.29 is 4.79 Å². The maximum Gasteiger partial charge on any atom is 0.241 e. The molecule has 2 aliphatic rings. The molecule has 1 atom stereocenters. The summed E-state index contributed by atoms with van der Waals surface area (Å²) < 4.78 is 1.76. The molecule has 6 heteroatoms. The van der Waals surface area contributed by atoms with Gasteiger partial charge in [-0.05, 0) is 38.2 Å². The fourth-order valence-electron chi connectivity index (χ4n) is 3.70. The fraction of sp³-hybridized carbons (Fsp3) is 0.474. The molecule has 1 saturated carbocycles. The molecule has 1 aromatic carbocycles. The van der Waals surface area contributed by atoms with Crippen LogP contribution in [-0.4, -0.2) is 33.8 Å². The molecule has 0 radical (unpaired) electrons. The number of fused-ring (bicyclic) bond motifs is 1. The minimum atomic E-state index is -0.502. The second-order valence-electron chi connectivity index (χ2n) is 7.28. The standard InChI is InChI=1S/C19H23N4O2/c1-12-4-8-15(9-5-12)18-17-13(2)20-21(3)19(17)22(10-14-6-7-14)16(24)11-23(18)25/h4-5,8-9,14,18H,6-7,10-11H2,1-3H3/q-1. The predicted octanol–water partition coefficient (Wildman–Crippen LogP) is 2.68. The van der Waals surface area contributed by atoms with Crippen LogP contribution in [0.2, 0.25) is 0 Å². The Bertz CT molecular complexity index is 808. The van der Waals surface area contributed by atoms with Gasteiger partial charge in [0.2, 0.25) is 5.91 Å². The summed E-state index contributed by atoms with van der Waals surface area (Å²) >= 11 is 0. The highest BCUT2D eigenvalue weighted by Gasteiger charge is 2.37. The maximum absolute atomic E-state index is 12.9. The molecular formula is C19H23N4O2-. The summed E-state index contributed by atoms with van der Waals surface area (Å²) in [6.45, 7) is 4.49. The highest BCUT2D eigenvalue weighted by atomic mass is 16.5. The summed E-state index contributed by atoms with van der Waals surface area (Å²) in [5.41, 5.74) is 3.70. The van der Waals surface area contributed by atoms with E-state index in [4.69, 9.17) is 0 Å². The lowest BCUT2D eigenvalue weighted by Gasteiger charge is -2.35. The number of benzene rings is 1. The number of anilines is 1. The van der Waals surface area contributed by atoms with E-state index in [0.717, 1.165) is 46.1 Å². The first-order chi connectivity index (χ1) is 12.0. The summed E-state index contributed by atoms with van der Waals surface area (Å²) in [5, 5.41) is 18.4. The van der Waals surface area contributed by atoms with E-state index in [-0.39, 0.29) is 12.5 Å². The van der Waals surface area contributed by atoms with Gasteiger partial charge in [0.05, 0.1) is 18.3 Å². The van der Waals surface area contributed by atoms with Crippen LogP contribution < -0.4 is 4.90 Å². The van der Waals surface area contributed by atoms with Gasteiger partial charge in [0.25, 0.3) is 0 Å². The number of rotatable bonds is 3. The number of carbonyl (C=O) groups excluding carboxylic acids is 1. The van der Waals surface area contributed by atoms with Crippen LogP contribution >= 0.6 is 0 Å². The van der Waals surface area contributed by atoms with E-state index < -0.39 is 6.04 Å². The average molecular weight is 339 g/mol. The molecule has 2 aromatic rings. The van der Waals surface area contributed by atoms with Gasteiger partial charge >= 0.3 is 0 Å². The van der Waals surface area contributed by atoms with Gasteiger partial charge in [0.1, 0.15) is 5.82 Å². The zero-order valence-electron chi connectivity index (χ0n) is 14.9. The lowest BCUT2D eigenvalue weighted by molar-refractivity contribution is -0.119. The van der Waals surface area contributed by atoms with Gasteiger partial charge in [-0.2, -0.15) is 5.10 Å². The number of nitrogens with zero attached hydrogens (tertiary/aromatic N) is 4. The molecule has 6 nitrogen and oxygen atoms in total. The first-order valence-corrected chi connectivity index (χ1v) is 8.80. The zero-order chi connectivity index (χ0) is 17.7. The van der Waals surface area contributed by atoms with E-state index in [9.17, 15) is 10.0 Å². The van der Waals surface area contributed by atoms with Gasteiger partial charge in [-0.25, -0.2) is 0 Å². The predicted molar refractivity (Wildman–Crippen MR) is 96.1 cm³/mol. The summed E-state index contributed by atoms with van der Waals surface area (Å²) in [5.74, 6) is 1.18. The number of hydrogen-bond donors (Lipinski definition) is 0. The second-order valence-corrected chi connectivity index (χ2v) is 7.28. The highest BCUT2D eigenvalue weighted by Crippen LogP contribution is 2.41. The molecule has 1 aliphatic heterocycles. The van der Waals surface area contributed by atoms with Gasteiger partial charge in [0, 0.05) is 19.2 Å². The Morgan fingerprint density at radius 3 is 2.52 bits per heavy atom. The van der Waals surface area contributed by atoms with Crippen LogP contribution in [0.5, 0.6) is 0 Å². The minimum absolute atomic E-state index is 0.126. The van der Waals surface area contributed by atoms with Crippen LogP contribution in [0.1, 0.15) is 41.3 Å². The SMILES string of the molecule is Cc1ccc(C2c3c(C)nn(C)c3N(CC3CC3)C(=O)CN2[O-])cc1. The Morgan fingerprint density at radius 2 is 1.88 bits per heavy atom. The van der Waals surface area contributed by atoms with Crippen LogP contribution in [0.25, 0.3) is 0 Å². The van der Waals surface area contributed by atoms with Crippen LogP contribution in [0, 0.1) is 25.0 Å². The van der Waals surface area contributed by atoms with E-state index in [1.807, 2.05) is 45.2 Å². The van der Waals surface area contributed by atoms with Crippen LogP contribution in [-0.2, 0) is 11.8 Å². The van der Waals surface area contributed by atoms with Crippen LogP contribution in [0.4, 0.5) is 5.82 Å². The van der Waals surface area contributed by atoms with Crippen LogP contribution in [0.15, 0.2) is 24.3 Å². The number of hydrogen-bond acceptors (Lipinski definition) is 4. The Hall–Kier alpha value is -2.18. The third-order valence-corrected chi connectivity index (χ3v) is 5.18. The van der Waals surface area contributed by atoms with Gasteiger partial charge in [-0.3, -0.25) is 14.4 Å². The summed E-state index contributed by atoms with van der Waals surface area (Å²) in [6.07, 6.45) is 2.30. The molecule has 1 aromatic heterocycles. The number of carbonyl (C=O) groups is 1. The van der Waals surface area contributed by atoms with Crippen molar-refractivity contribution in [3.8, 4) is 0 Å². The molecule has 1 aliphatic carbocycles. The third-order valence-electron chi connectivity index (χ3n) is 5.18. The number of amides is 1. The van der Waals surface area contributed by atoms with Crippen molar-refractivity contribution in [1.29, 1.82) is 0 Å². The average Bonchev–Trinajstić information content (AvgIpc) is 3.34. The van der Waals surface area contributed by atoms with Crippen molar-refractivity contribution in [2.75, 3.05) is 18.0 Å². The molecule has 1 unspecified atom stereocenters. The molecule has 1 amide bonds. The van der Waals surface area contributed by atoms with Crippen molar-refractivity contribution in [3.63, 3.8) is 0 Å². The fourth-order valence-corrected chi connectivity index (χ4v) is 3.70. The van der Waals surface area contributed by atoms with E-state index in [1.165, 1.54) is 0 Å². The monoisotopic (exact) mass is 339 g/mol. The topological polar surface area (TPSA) is 64.4 Å². The first kappa shape index (κ1) is 16.3. The second kappa shape index (κ2) is 5.97. The smallest absolute Gasteiger partial charge is 0.241 e. The summed E-state index contributed by atoms with van der Waals surface area (Å²) in [7, 11) is 1.85. The van der Waals surface area contributed by atoms with E-state index in [2.05, 4.69) is 5.10 Å². The quantitative estimate of drug-likeness (QED) is 0.862.